The molecule has 0 aliphatic rings. The average molecular weight is 257 g/mol. The molecule has 18 heavy (non-hydrogen) atoms. The van der Waals surface area contributed by atoms with Gasteiger partial charge in [-0.2, -0.15) is 0 Å². The summed E-state index contributed by atoms with van der Waals surface area (Å²) in [6.45, 7) is 6.61. The van der Waals surface area contributed by atoms with Gasteiger partial charge in [0, 0.05) is 0 Å². The Labute approximate surface area is 107 Å². The van der Waals surface area contributed by atoms with E-state index in [2.05, 4.69) is 18.3 Å². The predicted octanol–water partition coefficient (Wildman–Crippen LogP) is 3.24. The minimum Gasteiger partial charge on any atom is -0.374 e. The number of nitrogens with one attached hydrogen (secondary N) is 1. The van der Waals surface area contributed by atoms with Gasteiger partial charge in [-0.25, -0.2) is 8.78 Å². The van der Waals surface area contributed by atoms with E-state index < -0.39 is 13.0 Å². The summed E-state index contributed by atoms with van der Waals surface area (Å²) >= 11 is 0. The normalized spacial score (nSPS) is 13.0. The van der Waals surface area contributed by atoms with Crippen molar-refractivity contribution in [2.24, 2.45) is 0 Å². The zero-order valence-corrected chi connectivity index (χ0v) is 11.2. The molecule has 2 nitrogen and oxygen atoms in total. The highest BCUT2D eigenvalue weighted by Crippen LogP contribution is 2.17. The lowest BCUT2D eigenvalue weighted by atomic mass is 10.0. The molecule has 0 amide bonds. The molecule has 1 unspecified atom stereocenters. The lowest BCUT2D eigenvalue weighted by Gasteiger charge is -2.19. The molecule has 0 saturated heterocycles. The fourth-order valence-corrected chi connectivity index (χ4v) is 1.78. The molecule has 0 aromatic heterocycles. The SMILES string of the molecule is CCNC(COCC(F)F)c1ccc(C)c(C)c1. The monoisotopic (exact) mass is 257 g/mol. The lowest BCUT2D eigenvalue weighted by Crippen LogP contribution is -2.26. The number of benzene rings is 1. The van der Waals surface area contributed by atoms with E-state index in [1.165, 1.54) is 11.1 Å². The second-order valence-electron chi connectivity index (χ2n) is 4.38. The quantitative estimate of drug-likeness (QED) is 0.809. The van der Waals surface area contributed by atoms with Crippen LogP contribution in [0.1, 0.15) is 29.7 Å². The van der Waals surface area contributed by atoms with Gasteiger partial charge in [0.2, 0.25) is 0 Å². The summed E-state index contributed by atoms with van der Waals surface area (Å²) in [5, 5.41) is 3.25. The summed E-state index contributed by atoms with van der Waals surface area (Å²) in [4.78, 5) is 0. The highest BCUT2D eigenvalue weighted by atomic mass is 19.3. The van der Waals surface area contributed by atoms with Crippen LogP contribution < -0.4 is 5.32 Å². The third kappa shape index (κ3) is 4.70. The summed E-state index contributed by atoms with van der Waals surface area (Å²) in [5.74, 6) is 0. The molecule has 0 fully saturated rings. The summed E-state index contributed by atoms with van der Waals surface area (Å²) in [5.41, 5.74) is 3.50. The third-order valence-electron chi connectivity index (χ3n) is 2.91. The molecule has 4 heteroatoms. The van der Waals surface area contributed by atoms with Gasteiger partial charge in [0.1, 0.15) is 6.61 Å². The van der Waals surface area contributed by atoms with Gasteiger partial charge in [-0.15, -0.1) is 0 Å². The summed E-state index contributed by atoms with van der Waals surface area (Å²) in [7, 11) is 0. The van der Waals surface area contributed by atoms with Crippen LogP contribution in [0.15, 0.2) is 18.2 Å². The van der Waals surface area contributed by atoms with Gasteiger partial charge in [-0.3, -0.25) is 0 Å². The van der Waals surface area contributed by atoms with Crippen LogP contribution in [0.25, 0.3) is 0 Å². The summed E-state index contributed by atoms with van der Waals surface area (Å²) in [6, 6.07) is 6.10. The molecule has 1 aromatic rings. The molecule has 0 saturated carbocycles. The molecule has 102 valence electrons. The smallest absolute Gasteiger partial charge is 0.261 e. The van der Waals surface area contributed by atoms with E-state index in [1.807, 2.05) is 26.0 Å². The van der Waals surface area contributed by atoms with E-state index in [4.69, 9.17) is 4.74 Å². The number of halogens is 2. The van der Waals surface area contributed by atoms with Crippen LogP contribution in [0, 0.1) is 13.8 Å². The zero-order valence-electron chi connectivity index (χ0n) is 11.2. The number of hydrogen-bond donors (Lipinski definition) is 1. The Morgan fingerprint density at radius 3 is 2.44 bits per heavy atom. The van der Waals surface area contributed by atoms with Gasteiger partial charge in [0.25, 0.3) is 6.43 Å². The van der Waals surface area contributed by atoms with Gasteiger partial charge in [-0.1, -0.05) is 25.1 Å². The van der Waals surface area contributed by atoms with Gasteiger partial charge in [0.15, 0.2) is 0 Å². The molecule has 1 rings (SSSR count). The highest BCUT2D eigenvalue weighted by Gasteiger charge is 2.12. The Bertz CT molecular complexity index is 369. The minimum absolute atomic E-state index is 0.0342. The van der Waals surface area contributed by atoms with Crippen molar-refractivity contribution in [1.29, 1.82) is 0 Å². The van der Waals surface area contributed by atoms with Crippen LogP contribution in [0.3, 0.4) is 0 Å². The standard InChI is InChI=1S/C14H21F2NO/c1-4-17-13(8-18-9-14(15)16)12-6-5-10(2)11(3)7-12/h5-7,13-14,17H,4,8-9H2,1-3H3. The number of hydrogen-bond acceptors (Lipinski definition) is 2. The van der Waals surface area contributed by atoms with Crippen molar-refractivity contribution in [3.63, 3.8) is 0 Å². The van der Waals surface area contributed by atoms with Gasteiger partial charge in [0.05, 0.1) is 12.6 Å². The number of rotatable bonds is 7. The molecule has 1 aromatic carbocycles. The van der Waals surface area contributed by atoms with Crippen LogP contribution >= 0.6 is 0 Å². The molecule has 0 spiro atoms. The van der Waals surface area contributed by atoms with Crippen molar-refractivity contribution < 1.29 is 13.5 Å². The van der Waals surface area contributed by atoms with Gasteiger partial charge >= 0.3 is 0 Å². The van der Waals surface area contributed by atoms with E-state index in [0.29, 0.717) is 0 Å². The number of aryl methyl sites for hydroxylation is 2. The van der Waals surface area contributed by atoms with Gasteiger partial charge in [-0.05, 0) is 37.1 Å². The van der Waals surface area contributed by atoms with Crippen molar-refractivity contribution in [2.45, 2.75) is 33.2 Å². The first-order valence-electron chi connectivity index (χ1n) is 6.21. The van der Waals surface area contributed by atoms with Crippen molar-refractivity contribution >= 4 is 0 Å². The van der Waals surface area contributed by atoms with Crippen molar-refractivity contribution in [3.05, 3.63) is 34.9 Å². The maximum atomic E-state index is 12.0. The summed E-state index contributed by atoms with van der Waals surface area (Å²) in [6.07, 6.45) is -2.41. The molecule has 0 heterocycles. The number of alkyl halides is 2. The third-order valence-corrected chi connectivity index (χ3v) is 2.91. The van der Waals surface area contributed by atoms with E-state index in [1.54, 1.807) is 0 Å². The number of likely N-dealkylation sites (N-methyl/N-ethyl adjacent to an activating group) is 1. The molecule has 1 N–H and O–H groups in total. The molecule has 0 bridgehead atoms. The van der Waals surface area contributed by atoms with Crippen LogP contribution in [0.4, 0.5) is 8.78 Å². The molecule has 0 aliphatic heterocycles. The molecule has 0 radical (unpaired) electrons. The first-order chi connectivity index (χ1) is 8.54. The van der Waals surface area contributed by atoms with E-state index in [0.717, 1.165) is 12.1 Å². The summed E-state index contributed by atoms with van der Waals surface area (Å²) < 4.78 is 29.1. The zero-order chi connectivity index (χ0) is 13.5. The molecule has 1 atom stereocenters. The highest BCUT2D eigenvalue weighted by molar-refractivity contribution is 5.31. The maximum absolute atomic E-state index is 12.0. The minimum atomic E-state index is -2.41. The van der Waals surface area contributed by atoms with E-state index in [9.17, 15) is 8.78 Å². The fourth-order valence-electron chi connectivity index (χ4n) is 1.78. The van der Waals surface area contributed by atoms with Crippen molar-refractivity contribution in [2.75, 3.05) is 19.8 Å². The Morgan fingerprint density at radius 1 is 1.17 bits per heavy atom. The largest absolute Gasteiger partial charge is 0.374 e. The van der Waals surface area contributed by atoms with E-state index in [-0.39, 0.29) is 12.6 Å². The second kappa shape index (κ2) is 7.44. The molecular formula is C14H21F2NO. The lowest BCUT2D eigenvalue weighted by molar-refractivity contribution is 0.00934. The molecule has 0 aliphatic carbocycles. The Hall–Kier alpha value is -1.00. The Kier molecular flexibility index (Phi) is 6.22. The fraction of sp³-hybridized carbons (Fsp3) is 0.571. The predicted molar refractivity (Wildman–Crippen MR) is 69.2 cm³/mol. The van der Waals surface area contributed by atoms with Crippen molar-refractivity contribution in [1.82, 2.24) is 5.32 Å². The second-order valence-corrected chi connectivity index (χ2v) is 4.38. The average Bonchev–Trinajstić information content (AvgIpc) is 2.31. The number of ether oxygens (including phenoxy) is 1. The van der Waals surface area contributed by atoms with Gasteiger partial charge < -0.3 is 10.1 Å². The van der Waals surface area contributed by atoms with E-state index >= 15 is 0 Å². The Morgan fingerprint density at radius 2 is 1.89 bits per heavy atom. The molecular weight excluding hydrogens is 236 g/mol. The van der Waals surface area contributed by atoms with Crippen LogP contribution in [0.2, 0.25) is 0 Å². The van der Waals surface area contributed by atoms with Crippen LogP contribution in [-0.4, -0.2) is 26.2 Å². The topological polar surface area (TPSA) is 21.3 Å². The maximum Gasteiger partial charge on any atom is 0.261 e. The first-order valence-corrected chi connectivity index (χ1v) is 6.21. The van der Waals surface area contributed by atoms with Crippen LogP contribution in [-0.2, 0) is 4.74 Å². The van der Waals surface area contributed by atoms with Crippen LogP contribution in [0.5, 0.6) is 0 Å². The Balaban J connectivity index is 2.67. The van der Waals surface area contributed by atoms with Crippen molar-refractivity contribution in [3.8, 4) is 0 Å². The first kappa shape index (κ1) is 15.1.